The summed E-state index contributed by atoms with van der Waals surface area (Å²) in [7, 11) is 0. The first-order chi connectivity index (χ1) is 9.63. The summed E-state index contributed by atoms with van der Waals surface area (Å²) in [6.45, 7) is 0. The number of hydrogen-bond acceptors (Lipinski definition) is 4. The Balaban J connectivity index is 1.97. The van der Waals surface area contributed by atoms with Crippen LogP contribution >= 0.6 is 0 Å². The fourth-order valence-corrected chi connectivity index (χ4v) is 1.72. The Labute approximate surface area is 112 Å². The number of aromatic nitrogens is 2. The number of hydrogen-bond donors (Lipinski definition) is 1. The fraction of sp³-hybridized carbons (Fsp3) is 0. The van der Waals surface area contributed by atoms with Crippen molar-refractivity contribution in [2.24, 2.45) is 0 Å². The molecule has 0 fully saturated rings. The van der Waals surface area contributed by atoms with Gasteiger partial charge in [-0.05, 0) is 42.5 Å². The van der Waals surface area contributed by atoms with Gasteiger partial charge in [0.2, 0.25) is 5.82 Å². The maximum Gasteiger partial charge on any atom is 0.258 e. The molecule has 0 amide bonds. The van der Waals surface area contributed by atoms with E-state index in [1.807, 2.05) is 0 Å². The van der Waals surface area contributed by atoms with Crippen molar-refractivity contribution in [3.8, 4) is 22.8 Å². The maximum absolute atomic E-state index is 13.4. The molecule has 0 atom stereocenters. The summed E-state index contributed by atoms with van der Waals surface area (Å²) in [5.41, 5.74) is 6.49. The lowest BCUT2D eigenvalue weighted by Crippen LogP contribution is -1.90. The van der Waals surface area contributed by atoms with Crippen LogP contribution in [0.3, 0.4) is 0 Å². The molecule has 0 aliphatic rings. The number of rotatable bonds is 2. The van der Waals surface area contributed by atoms with E-state index in [2.05, 4.69) is 10.1 Å². The van der Waals surface area contributed by atoms with Gasteiger partial charge in [-0.3, -0.25) is 0 Å². The second-order valence-electron chi connectivity index (χ2n) is 4.17. The van der Waals surface area contributed by atoms with Gasteiger partial charge in [-0.15, -0.1) is 0 Å². The van der Waals surface area contributed by atoms with Crippen molar-refractivity contribution in [3.63, 3.8) is 0 Å². The van der Waals surface area contributed by atoms with Crippen molar-refractivity contribution in [2.75, 3.05) is 5.73 Å². The van der Waals surface area contributed by atoms with Crippen LogP contribution in [0.15, 0.2) is 47.0 Å². The average molecular weight is 273 g/mol. The summed E-state index contributed by atoms with van der Waals surface area (Å²) in [6, 6.07) is 9.90. The second-order valence-corrected chi connectivity index (χ2v) is 4.17. The first-order valence-electron chi connectivity index (χ1n) is 5.78. The highest BCUT2D eigenvalue weighted by Gasteiger charge is 2.12. The van der Waals surface area contributed by atoms with Gasteiger partial charge < -0.3 is 10.3 Å². The number of nitrogens with zero attached hydrogens (tertiary/aromatic N) is 2. The third-order valence-electron chi connectivity index (χ3n) is 2.78. The summed E-state index contributed by atoms with van der Waals surface area (Å²) in [4.78, 5) is 4.14. The Bertz CT molecular complexity index is 753. The normalized spacial score (nSPS) is 10.7. The topological polar surface area (TPSA) is 64.9 Å². The predicted molar refractivity (Wildman–Crippen MR) is 69.5 cm³/mol. The zero-order valence-corrected chi connectivity index (χ0v) is 10.2. The molecule has 0 spiro atoms. The standard InChI is InChI=1S/C14H9F2N3O/c15-10-4-1-8(2-5-10)13-18-14(20-19-13)9-3-6-12(17)11(16)7-9/h1-7H,17H2. The predicted octanol–water partition coefficient (Wildman–Crippen LogP) is 3.26. The van der Waals surface area contributed by atoms with E-state index in [9.17, 15) is 8.78 Å². The average Bonchev–Trinajstić information content (AvgIpc) is 2.92. The van der Waals surface area contributed by atoms with Crippen molar-refractivity contribution in [2.45, 2.75) is 0 Å². The summed E-state index contributed by atoms with van der Waals surface area (Å²) in [6.07, 6.45) is 0. The van der Waals surface area contributed by atoms with Crippen LogP contribution in [0, 0.1) is 11.6 Å². The molecular formula is C14H9F2N3O. The van der Waals surface area contributed by atoms with Crippen molar-refractivity contribution in [3.05, 3.63) is 54.1 Å². The molecule has 0 bridgehead atoms. The van der Waals surface area contributed by atoms with Gasteiger partial charge in [0.25, 0.3) is 5.89 Å². The Kier molecular flexibility index (Phi) is 2.90. The van der Waals surface area contributed by atoms with Gasteiger partial charge in [-0.25, -0.2) is 8.78 Å². The molecule has 2 N–H and O–H groups in total. The number of nitrogens with two attached hydrogens (primary N) is 1. The SMILES string of the molecule is Nc1ccc(-c2nc(-c3ccc(F)cc3)no2)cc1F. The molecule has 6 heteroatoms. The molecule has 3 rings (SSSR count). The molecule has 100 valence electrons. The molecule has 2 aromatic carbocycles. The molecule has 3 aromatic rings. The summed E-state index contributed by atoms with van der Waals surface area (Å²) < 4.78 is 31.3. The quantitative estimate of drug-likeness (QED) is 0.728. The molecule has 4 nitrogen and oxygen atoms in total. The third kappa shape index (κ3) is 2.23. The molecule has 0 saturated carbocycles. The van der Waals surface area contributed by atoms with E-state index in [0.717, 1.165) is 0 Å². The highest BCUT2D eigenvalue weighted by atomic mass is 19.1. The van der Waals surface area contributed by atoms with Gasteiger partial charge in [0.1, 0.15) is 11.6 Å². The molecule has 0 saturated heterocycles. The van der Waals surface area contributed by atoms with Gasteiger partial charge in [-0.2, -0.15) is 4.98 Å². The number of benzene rings is 2. The molecule has 0 unspecified atom stereocenters. The molecule has 0 radical (unpaired) electrons. The molecular weight excluding hydrogens is 264 g/mol. The number of anilines is 1. The Morgan fingerprint density at radius 2 is 1.65 bits per heavy atom. The maximum atomic E-state index is 13.4. The van der Waals surface area contributed by atoms with Crippen LogP contribution in [-0.4, -0.2) is 10.1 Å². The van der Waals surface area contributed by atoms with E-state index in [1.54, 1.807) is 6.07 Å². The van der Waals surface area contributed by atoms with E-state index in [-0.39, 0.29) is 17.4 Å². The van der Waals surface area contributed by atoms with E-state index < -0.39 is 5.82 Å². The van der Waals surface area contributed by atoms with Gasteiger partial charge >= 0.3 is 0 Å². The molecule has 20 heavy (non-hydrogen) atoms. The Hall–Kier alpha value is -2.76. The lowest BCUT2D eigenvalue weighted by Gasteiger charge is -1.97. The van der Waals surface area contributed by atoms with Gasteiger partial charge in [0, 0.05) is 11.1 Å². The molecule has 1 aromatic heterocycles. The van der Waals surface area contributed by atoms with Gasteiger partial charge in [0.15, 0.2) is 0 Å². The van der Waals surface area contributed by atoms with Crippen LogP contribution in [0.5, 0.6) is 0 Å². The van der Waals surface area contributed by atoms with Crippen molar-refractivity contribution in [1.29, 1.82) is 0 Å². The number of halogens is 2. The van der Waals surface area contributed by atoms with E-state index >= 15 is 0 Å². The fourth-order valence-electron chi connectivity index (χ4n) is 1.72. The molecule has 1 heterocycles. The largest absolute Gasteiger partial charge is 0.396 e. The minimum atomic E-state index is -0.552. The van der Waals surface area contributed by atoms with Crippen LogP contribution in [-0.2, 0) is 0 Å². The van der Waals surface area contributed by atoms with E-state index in [1.165, 1.54) is 36.4 Å². The van der Waals surface area contributed by atoms with Crippen LogP contribution in [0.2, 0.25) is 0 Å². The summed E-state index contributed by atoms with van der Waals surface area (Å²) in [5.74, 6) is -0.428. The third-order valence-corrected chi connectivity index (χ3v) is 2.78. The highest BCUT2D eigenvalue weighted by molar-refractivity contribution is 5.61. The molecule has 0 aliphatic carbocycles. The lowest BCUT2D eigenvalue weighted by molar-refractivity contribution is 0.432. The van der Waals surface area contributed by atoms with Crippen molar-refractivity contribution in [1.82, 2.24) is 10.1 Å². The van der Waals surface area contributed by atoms with Crippen molar-refractivity contribution < 1.29 is 13.3 Å². The van der Waals surface area contributed by atoms with E-state index in [4.69, 9.17) is 10.3 Å². The minimum absolute atomic E-state index is 0.0482. The smallest absolute Gasteiger partial charge is 0.258 e. The monoisotopic (exact) mass is 273 g/mol. The van der Waals surface area contributed by atoms with Crippen LogP contribution in [0.25, 0.3) is 22.8 Å². The summed E-state index contributed by atoms with van der Waals surface area (Å²) >= 11 is 0. The molecule has 0 aliphatic heterocycles. The van der Waals surface area contributed by atoms with Crippen molar-refractivity contribution >= 4 is 5.69 Å². The second kappa shape index (κ2) is 4.73. The zero-order chi connectivity index (χ0) is 14.1. The Morgan fingerprint density at radius 3 is 2.35 bits per heavy atom. The highest BCUT2D eigenvalue weighted by Crippen LogP contribution is 2.24. The lowest BCUT2D eigenvalue weighted by atomic mass is 10.2. The van der Waals surface area contributed by atoms with Crippen LogP contribution in [0.1, 0.15) is 0 Å². The Morgan fingerprint density at radius 1 is 0.950 bits per heavy atom. The van der Waals surface area contributed by atoms with Crippen LogP contribution in [0.4, 0.5) is 14.5 Å². The van der Waals surface area contributed by atoms with Gasteiger partial charge in [-0.1, -0.05) is 5.16 Å². The zero-order valence-electron chi connectivity index (χ0n) is 10.2. The first-order valence-corrected chi connectivity index (χ1v) is 5.78. The van der Waals surface area contributed by atoms with Crippen LogP contribution < -0.4 is 5.73 Å². The number of nitrogen functional groups attached to an aromatic ring is 1. The summed E-state index contributed by atoms with van der Waals surface area (Å²) in [5, 5.41) is 3.78. The van der Waals surface area contributed by atoms with E-state index in [0.29, 0.717) is 17.0 Å². The first kappa shape index (κ1) is 12.3. The van der Waals surface area contributed by atoms with Gasteiger partial charge in [0.05, 0.1) is 5.69 Å². The minimum Gasteiger partial charge on any atom is -0.396 e.